The first kappa shape index (κ1) is 19.7. The van der Waals surface area contributed by atoms with Crippen molar-refractivity contribution in [3.05, 3.63) is 45.4 Å². The summed E-state index contributed by atoms with van der Waals surface area (Å²) < 4.78 is 23.3. The second kappa shape index (κ2) is 8.02. The highest BCUT2D eigenvalue weighted by molar-refractivity contribution is 9.10. The molecular formula is C21H23BrN2O5. The molecule has 0 aliphatic carbocycles. The highest BCUT2D eigenvalue weighted by Crippen LogP contribution is 2.55. The summed E-state index contributed by atoms with van der Waals surface area (Å²) in [5, 5.41) is 2.93. The molecule has 2 aromatic rings. The van der Waals surface area contributed by atoms with Crippen molar-refractivity contribution in [2.75, 3.05) is 34.1 Å². The fourth-order valence-electron chi connectivity index (χ4n) is 3.98. The highest BCUT2D eigenvalue weighted by Gasteiger charge is 2.40. The minimum atomic E-state index is -0.336. The minimum Gasteiger partial charge on any atom is -0.497 e. The van der Waals surface area contributed by atoms with Crippen molar-refractivity contribution in [1.29, 1.82) is 0 Å². The molecule has 154 valence electrons. The molecule has 0 radical (unpaired) electrons. The van der Waals surface area contributed by atoms with Gasteiger partial charge in [0.2, 0.25) is 12.5 Å². The van der Waals surface area contributed by atoms with E-state index < -0.39 is 0 Å². The average Bonchev–Trinajstić information content (AvgIpc) is 3.24. The SMILES string of the molecule is CCNC(=O)N1CCc2c(Br)c3c(c(OC)c2C1c1ccc(OC)cc1)OCO3. The van der Waals surface area contributed by atoms with Gasteiger partial charge in [-0.05, 0) is 52.5 Å². The van der Waals surface area contributed by atoms with Crippen LogP contribution < -0.4 is 24.3 Å². The summed E-state index contributed by atoms with van der Waals surface area (Å²) in [5.41, 5.74) is 2.93. The Morgan fingerprint density at radius 3 is 2.59 bits per heavy atom. The molecule has 1 N–H and O–H groups in total. The summed E-state index contributed by atoms with van der Waals surface area (Å²) in [6.45, 7) is 3.17. The number of urea groups is 1. The number of carbonyl (C=O) groups is 1. The topological polar surface area (TPSA) is 69.3 Å². The number of fused-ring (bicyclic) bond motifs is 2. The van der Waals surface area contributed by atoms with Gasteiger partial charge in [-0.3, -0.25) is 0 Å². The molecule has 2 amide bonds. The Balaban J connectivity index is 1.93. The van der Waals surface area contributed by atoms with Crippen molar-refractivity contribution in [1.82, 2.24) is 10.2 Å². The Kier molecular flexibility index (Phi) is 5.45. The zero-order chi connectivity index (χ0) is 20.5. The predicted octanol–water partition coefficient (Wildman–Crippen LogP) is 3.87. The van der Waals surface area contributed by atoms with Crippen molar-refractivity contribution >= 4 is 22.0 Å². The number of hydrogen-bond acceptors (Lipinski definition) is 5. The van der Waals surface area contributed by atoms with Crippen LogP contribution >= 0.6 is 15.9 Å². The molecule has 0 saturated carbocycles. The van der Waals surface area contributed by atoms with Crippen LogP contribution in [0.5, 0.6) is 23.0 Å². The molecule has 0 bridgehead atoms. The van der Waals surface area contributed by atoms with Gasteiger partial charge in [0.15, 0.2) is 11.5 Å². The van der Waals surface area contributed by atoms with Gasteiger partial charge in [-0.1, -0.05) is 12.1 Å². The smallest absolute Gasteiger partial charge is 0.318 e. The normalized spacial score (nSPS) is 17.0. The number of benzene rings is 2. The molecule has 1 unspecified atom stereocenters. The first-order valence-corrected chi connectivity index (χ1v) is 10.3. The monoisotopic (exact) mass is 462 g/mol. The summed E-state index contributed by atoms with van der Waals surface area (Å²) >= 11 is 3.69. The lowest BCUT2D eigenvalue weighted by Crippen LogP contribution is -2.46. The van der Waals surface area contributed by atoms with Gasteiger partial charge in [-0.2, -0.15) is 0 Å². The molecule has 2 aliphatic rings. The number of methoxy groups -OCH3 is 2. The predicted molar refractivity (Wildman–Crippen MR) is 111 cm³/mol. The van der Waals surface area contributed by atoms with E-state index in [2.05, 4.69) is 21.2 Å². The molecule has 0 fully saturated rings. The van der Waals surface area contributed by atoms with E-state index >= 15 is 0 Å². The van der Waals surface area contributed by atoms with Crippen LogP contribution in [0.2, 0.25) is 0 Å². The molecule has 2 heterocycles. The van der Waals surface area contributed by atoms with E-state index in [0.29, 0.717) is 36.8 Å². The molecule has 0 saturated heterocycles. The van der Waals surface area contributed by atoms with Crippen LogP contribution in [0.15, 0.2) is 28.7 Å². The molecule has 0 spiro atoms. The van der Waals surface area contributed by atoms with Gasteiger partial charge >= 0.3 is 6.03 Å². The molecule has 8 heteroatoms. The largest absolute Gasteiger partial charge is 0.497 e. The number of ether oxygens (including phenoxy) is 4. The third-order valence-corrected chi connectivity index (χ3v) is 6.10. The molecule has 0 aromatic heterocycles. The van der Waals surface area contributed by atoms with Gasteiger partial charge in [-0.15, -0.1) is 0 Å². The molecule has 1 atom stereocenters. The second-order valence-electron chi connectivity index (χ2n) is 6.76. The van der Waals surface area contributed by atoms with Gasteiger partial charge in [-0.25, -0.2) is 4.79 Å². The summed E-state index contributed by atoms with van der Waals surface area (Å²) in [5.74, 6) is 2.58. The van der Waals surface area contributed by atoms with Gasteiger partial charge in [0.25, 0.3) is 0 Å². The molecule has 4 rings (SSSR count). The molecule has 2 aromatic carbocycles. The number of hydrogen-bond donors (Lipinski definition) is 1. The van der Waals surface area contributed by atoms with E-state index in [1.54, 1.807) is 14.2 Å². The van der Waals surface area contributed by atoms with Crippen LogP contribution in [0.3, 0.4) is 0 Å². The molecule has 2 aliphatic heterocycles. The summed E-state index contributed by atoms with van der Waals surface area (Å²) in [4.78, 5) is 14.8. The summed E-state index contributed by atoms with van der Waals surface area (Å²) in [6.07, 6.45) is 0.673. The van der Waals surface area contributed by atoms with Crippen molar-refractivity contribution in [2.24, 2.45) is 0 Å². The third-order valence-electron chi connectivity index (χ3n) is 5.27. The van der Waals surface area contributed by atoms with Crippen LogP contribution in [0.1, 0.15) is 29.7 Å². The van der Waals surface area contributed by atoms with Crippen molar-refractivity contribution in [2.45, 2.75) is 19.4 Å². The first-order valence-electron chi connectivity index (χ1n) is 9.46. The van der Waals surface area contributed by atoms with E-state index in [4.69, 9.17) is 18.9 Å². The van der Waals surface area contributed by atoms with Gasteiger partial charge in [0.05, 0.1) is 24.7 Å². The van der Waals surface area contributed by atoms with Gasteiger partial charge in [0.1, 0.15) is 5.75 Å². The molecule has 7 nitrogen and oxygen atoms in total. The molecule has 29 heavy (non-hydrogen) atoms. The second-order valence-corrected chi connectivity index (χ2v) is 7.55. The Morgan fingerprint density at radius 2 is 1.93 bits per heavy atom. The zero-order valence-corrected chi connectivity index (χ0v) is 18.2. The quantitative estimate of drug-likeness (QED) is 0.746. The van der Waals surface area contributed by atoms with Crippen molar-refractivity contribution in [3.8, 4) is 23.0 Å². The van der Waals surface area contributed by atoms with Crippen LogP contribution in [-0.4, -0.2) is 45.0 Å². The van der Waals surface area contributed by atoms with E-state index in [0.717, 1.165) is 26.9 Å². The van der Waals surface area contributed by atoms with Crippen LogP contribution in [0.25, 0.3) is 0 Å². The standard InChI is InChI=1S/C21H23BrN2O5/c1-4-23-21(25)24-10-9-14-15(17(24)12-5-7-13(26-2)8-6-12)18(27-3)20-19(16(14)22)28-11-29-20/h5-8,17H,4,9-11H2,1-3H3,(H,23,25). The number of rotatable bonds is 4. The lowest BCUT2D eigenvalue weighted by molar-refractivity contribution is 0.169. The lowest BCUT2D eigenvalue weighted by Gasteiger charge is -2.39. The molecular weight excluding hydrogens is 440 g/mol. The number of halogens is 1. The van der Waals surface area contributed by atoms with Crippen LogP contribution in [0.4, 0.5) is 4.79 Å². The number of nitrogens with one attached hydrogen (secondary N) is 1. The van der Waals surface area contributed by atoms with E-state index in [1.165, 1.54) is 0 Å². The van der Waals surface area contributed by atoms with Gasteiger partial charge < -0.3 is 29.2 Å². The zero-order valence-electron chi connectivity index (χ0n) is 16.6. The summed E-state index contributed by atoms with van der Waals surface area (Å²) in [6, 6.07) is 7.29. The Labute approximate surface area is 178 Å². The Bertz CT molecular complexity index is 932. The maximum atomic E-state index is 12.9. The fourth-order valence-corrected chi connectivity index (χ4v) is 4.69. The highest BCUT2D eigenvalue weighted by atomic mass is 79.9. The van der Waals surface area contributed by atoms with E-state index in [1.807, 2.05) is 36.1 Å². The minimum absolute atomic E-state index is 0.116. The Hall–Kier alpha value is -2.61. The maximum Gasteiger partial charge on any atom is 0.318 e. The Morgan fingerprint density at radius 1 is 1.21 bits per heavy atom. The fraction of sp³-hybridized carbons (Fsp3) is 0.381. The van der Waals surface area contributed by atoms with E-state index in [9.17, 15) is 4.79 Å². The summed E-state index contributed by atoms with van der Waals surface area (Å²) in [7, 11) is 3.24. The van der Waals surface area contributed by atoms with E-state index in [-0.39, 0.29) is 18.9 Å². The third kappa shape index (κ3) is 3.25. The lowest BCUT2D eigenvalue weighted by atomic mass is 9.87. The van der Waals surface area contributed by atoms with Crippen molar-refractivity contribution in [3.63, 3.8) is 0 Å². The van der Waals surface area contributed by atoms with Gasteiger partial charge in [0, 0.05) is 18.7 Å². The van der Waals surface area contributed by atoms with Crippen LogP contribution in [0, 0.1) is 0 Å². The average molecular weight is 463 g/mol. The van der Waals surface area contributed by atoms with Crippen LogP contribution in [-0.2, 0) is 6.42 Å². The maximum absolute atomic E-state index is 12.9. The van der Waals surface area contributed by atoms with Crippen molar-refractivity contribution < 1.29 is 23.7 Å². The first-order chi connectivity index (χ1) is 14.1. The number of amides is 2. The number of nitrogens with zero attached hydrogens (tertiary/aromatic N) is 1. The number of carbonyl (C=O) groups excluding carboxylic acids is 1.